The number of carbonyl (C=O) groups excluding carboxylic acids is 1. The van der Waals surface area contributed by atoms with E-state index >= 15 is 0 Å². The van der Waals surface area contributed by atoms with Crippen molar-refractivity contribution in [1.82, 2.24) is 4.90 Å². The Labute approximate surface area is 160 Å². The Balaban J connectivity index is 2.09. The number of benzene rings is 2. The quantitative estimate of drug-likeness (QED) is 0.573. The normalized spacial score (nSPS) is 13.2. The molecule has 0 saturated carbocycles. The first-order valence-electron chi connectivity index (χ1n) is 8.96. The van der Waals surface area contributed by atoms with Crippen LogP contribution in [0.1, 0.15) is 24.5 Å². The van der Waals surface area contributed by atoms with Crippen LogP contribution in [0, 0.1) is 0 Å². The summed E-state index contributed by atoms with van der Waals surface area (Å²) in [6.45, 7) is 3.26. The Morgan fingerprint density at radius 1 is 1.19 bits per heavy atom. The highest BCUT2D eigenvalue weighted by Crippen LogP contribution is 2.42. The molecule has 0 saturated heterocycles. The number of hydrogen-bond donors (Lipinski definition) is 0. The first kappa shape index (κ1) is 18.7. The lowest BCUT2D eigenvalue weighted by Gasteiger charge is -2.29. The third-order valence-corrected chi connectivity index (χ3v) is 4.83. The summed E-state index contributed by atoms with van der Waals surface area (Å²) in [6, 6.07) is 12.0. The van der Waals surface area contributed by atoms with Crippen LogP contribution < -0.4 is 9.64 Å². The molecule has 0 atom stereocenters. The minimum Gasteiger partial charge on any atom is -0.424 e. The summed E-state index contributed by atoms with van der Waals surface area (Å²) in [5.41, 5.74) is 4.56. The van der Waals surface area contributed by atoms with E-state index in [0.717, 1.165) is 48.7 Å². The molecule has 4 nitrogen and oxygen atoms in total. The van der Waals surface area contributed by atoms with E-state index < -0.39 is 0 Å². The average Bonchev–Trinajstić information content (AvgIpc) is 2.72. The van der Waals surface area contributed by atoms with Gasteiger partial charge in [-0.1, -0.05) is 29.8 Å². The van der Waals surface area contributed by atoms with Gasteiger partial charge in [0.15, 0.2) is 5.75 Å². The molecular formula is C21H25ClN2O2. The van der Waals surface area contributed by atoms with Gasteiger partial charge in [-0.05, 0) is 69.2 Å². The SMILES string of the molecule is CC(=O)Oc1cccc2c1N(CCCN(C)C)c1cc(Cl)ccc1CC2. The maximum atomic E-state index is 11.6. The Morgan fingerprint density at radius 3 is 2.69 bits per heavy atom. The lowest BCUT2D eigenvalue weighted by atomic mass is 10.0. The van der Waals surface area contributed by atoms with Crippen LogP contribution in [0.2, 0.25) is 5.02 Å². The molecule has 0 aromatic heterocycles. The Morgan fingerprint density at radius 2 is 1.96 bits per heavy atom. The second kappa shape index (κ2) is 8.11. The zero-order chi connectivity index (χ0) is 18.7. The number of anilines is 2. The summed E-state index contributed by atoms with van der Waals surface area (Å²) in [5, 5.41) is 0.717. The van der Waals surface area contributed by atoms with E-state index in [9.17, 15) is 4.79 Å². The van der Waals surface area contributed by atoms with Gasteiger partial charge in [0.05, 0.1) is 5.69 Å². The van der Waals surface area contributed by atoms with Gasteiger partial charge < -0.3 is 14.5 Å². The van der Waals surface area contributed by atoms with Crippen LogP contribution in [0.5, 0.6) is 5.75 Å². The van der Waals surface area contributed by atoms with Gasteiger partial charge in [-0.2, -0.15) is 0 Å². The lowest BCUT2D eigenvalue weighted by molar-refractivity contribution is -0.131. The van der Waals surface area contributed by atoms with Gasteiger partial charge in [0.2, 0.25) is 0 Å². The van der Waals surface area contributed by atoms with Gasteiger partial charge in [0, 0.05) is 24.2 Å². The highest BCUT2D eigenvalue weighted by Gasteiger charge is 2.24. The summed E-state index contributed by atoms with van der Waals surface area (Å²) in [6.07, 6.45) is 2.84. The molecule has 138 valence electrons. The van der Waals surface area contributed by atoms with Gasteiger partial charge in [0.25, 0.3) is 0 Å². The number of fused-ring (bicyclic) bond motifs is 2. The molecule has 3 rings (SSSR count). The van der Waals surface area contributed by atoms with Gasteiger partial charge in [-0.3, -0.25) is 4.79 Å². The summed E-state index contributed by atoms with van der Waals surface area (Å²) >= 11 is 6.31. The molecule has 0 radical (unpaired) electrons. The molecule has 0 unspecified atom stereocenters. The summed E-state index contributed by atoms with van der Waals surface area (Å²) in [7, 11) is 4.15. The molecule has 1 heterocycles. The van der Waals surface area contributed by atoms with Gasteiger partial charge >= 0.3 is 5.97 Å². The molecular weight excluding hydrogens is 348 g/mol. The van der Waals surface area contributed by atoms with Gasteiger partial charge in [-0.15, -0.1) is 0 Å². The monoisotopic (exact) mass is 372 g/mol. The van der Waals surface area contributed by atoms with Crippen molar-refractivity contribution >= 4 is 28.9 Å². The van der Waals surface area contributed by atoms with Crippen molar-refractivity contribution in [2.45, 2.75) is 26.2 Å². The molecule has 0 amide bonds. The van der Waals surface area contributed by atoms with Crippen LogP contribution in [-0.2, 0) is 17.6 Å². The van der Waals surface area contributed by atoms with E-state index in [1.54, 1.807) is 0 Å². The Hall–Kier alpha value is -2.04. The Bertz CT molecular complexity index is 805. The summed E-state index contributed by atoms with van der Waals surface area (Å²) in [4.78, 5) is 16.1. The highest BCUT2D eigenvalue weighted by molar-refractivity contribution is 6.30. The molecule has 2 aromatic carbocycles. The van der Waals surface area contributed by atoms with Crippen molar-refractivity contribution in [3.63, 3.8) is 0 Å². The third-order valence-electron chi connectivity index (χ3n) is 4.60. The molecule has 1 aliphatic rings. The summed E-state index contributed by atoms with van der Waals surface area (Å²) < 4.78 is 5.55. The van der Waals surface area contributed by atoms with Crippen molar-refractivity contribution < 1.29 is 9.53 Å². The number of halogens is 1. The van der Waals surface area contributed by atoms with Crippen molar-refractivity contribution in [2.75, 3.05) is 32.1 Å². The fourth-order valence-electron chi connectivity index (χ4n) is 3.48. The average molecular weight is 373 g/mol. The minimum atomic E-state index is -0.304. The van der Waals surface area contributed by atoms with Crippen molar-refractivity contribution in [1.29, 1.82) is 0 Å². The second-order valence-corrected chi connectivity index (χ2v) is 7.38. The molecule has 0 aliphatic carbocycles. The van der Waals surface area contributed by atoms with E-state index in [2.05, 4.69) is 36.0 Å². The fraction of sp³-hybridized carbons (Fsp3) is 0.381. The van der Waals surface area contributed by atoms with E-state index in [1.165, 1.54) is 18.1 Å². The smallest absolute Gasteiger partial charge is 0.308 e. The van der Waals surface area contributed by atoms with E-state index in [-0.39, 0.29) is 5.97 Å². The lowest BCUT2D eigenvalue weighted by Crippen LogP contribution is -2.24. The number of para-hydroxylation sites is 1. The number of aryl methyl sites for hydroxylation is 2. The predicted molar refractivity (Wildman–Crippen MR) is 107 cm³/mol. The van der Waals surface area contributed by atoms with Crippen LogP contribution in [0.4, 0.5) is 11.4 Å². The van der Waals surface area contributed by atoms with Crippen LogP contribution >= 0.6 is 11.6 Å². The van der Waals surface area contributed by atoms with E-state index in [1.807, 2.05) is 24.3 Å². The van der Waals surface area contributed by atoms with Crippen LogP contribution in [0.3, 0.4) is 0 Å². The molecule has 0 bridgehead atoms. The van der Waals surface area contributed by atoms with Gasteiger partial charge in [0.1, 0.15) is 0 Å². The molecule has 0 spiro atoms. The van der Waals surface area contributed by atoms with E-state index in [4.69, 9.17) is 16.3 Å². The van der Waals surface area contributed by atoms with Crippen LogP contribution in [0.25, 0.3) is 0 Å². The number of rotatable bonds is 5. The predicted octanol–water partition coefficient (Wildman–Crippen LogP) is 4.45. The maximum absolute atomic E-state index is 11.6. The third kappa shape index (κ3) is 4.19. The van der Waals surface area contributed by atoms with Crippen molar-refractivity contribution in [2.24, 2.45) is 0 Å². The number of hydrogen-bond acceptors (Lipinski definition) is 4. The zero-order valence-electron chi connectivity index (χ0n) is 15.6. The fourth-order valence-corrected chi connectivity index (χ4v) is 3.65. The largest absolute Gasteiger partial charge is 0.424 e. The second-order valence-electron chi connectivity index (χ2n) is 6.94. The number of esters is 1. The maximum Gasteiger partial charge on any atom is 0.308 e. The molecule has 26 heavy (non-hydrogen) atoms. The first-order valence-corrected chi connectivity index (χ1v) is 9.34. The van der Waals surface area contributed by atoms with Crippen molar-refractivity contribution in [3.8, 4) is 5.75 Å². The standard InChI is InChI=1S/C21H25ClN2O2/c1-15(25)26-20-7-4-6-17-9-8-16-10-11-18(22)14-19(16)24(21(17)20)13-5-12-23(2)3/h4,6-7,10-11,14H,5,8-9,12-13H2,1-3H3. The van der Waals surface area contributed by atoms with Crippen LogP contribution in [0.15, 0.2) is 36.4 Å². The minimum absolute atomic E-state index is 0.304. The summed E-state index contributed by atoms with van der Waals surface area (Å²) in [5.74, 6) is 0.315. The molecule has 1 aliphatic heterocycles. The number of nitrogens with zero attached hydrogens (tertiary/aromatic N) is 2. The number of ether oxygens (including phenoxy) is 1. The van der Waals surface area contributed by atoms with Crippen LogP contribution in [-0.4, -0.2) is 38.1 Å². The van der Waals surface area contributed by atoms with Gasteiger partial charge in [-0.25, -0.2) is 0 Å². The highest BCUT2D eigenvalue weighted by atomic mass is 35.5. The first-order chi connectivity index (χ1) is 12.5. The molecule has 2 aromatic rings. The zero-order valence-corrected chi connectivity index (χ0v) is 16.3. The Kier molecular flexibility index (Phi) is 5.84. The molecule has 0 N–H and O–H groups in total. The van der Waals surface area contributed by atoms with E-state index in [0.29, 0.717) is 5.75 Å². The topological polar surface area (TPSA) is 32.8 Å². The molecule has 5 heteroatoms. The molecule has 0 fully saturated rings. The van der Waals surface area contributed by atoms with Crippen molar-refractivity contribution in [3.05, 3.63) is 52.5 Å². The number of carbonyl (C=O) groups is 1.